The molecule has 2 unspecified atom stereocenters. The molecular formula is C33H55N4O3+. The molecule has 0 bridgehead atoms. The number of ketones is 1. The Morgan fingerprint density at radius 1 is 1.10 bits per heavy atom. The molecule has 0 aromatic heterocycles. The van der Waals surface area contributed by atoms with Crippen LogP contribution >= 0.6 is 0 Å². The summed E-state index contributed by atoms with van der Waals surface area (Å²) in [6.07, 6.45) is 11.7. The van der Waals surface area contributed by atoms with Gasteiger partial charge in [0.15, 0.2) is 5.78 Å². The van der Waals surface area contributed by atoms with Crippen LogP contribution in [-0.2, 0) is 9.63 Å². The van der Waals surface area contributed by atoms with Crippen LogP contribution in [0.4, 0.5) is 4.79 Å². The number of hydrogen-bond donors (Lipinski definition) is 1. The Bertz CT molecular complexity index is 1050. The summed E-state index contributed by atoms with van der Waals surface area (Å²) in [4.78, 5) is 33.1. The van der Waals surface area contributed by atoms with Crippen molar-refractivity contribution in [2.24, 2.45) is 45.6 Å². The Kier molecular flexibility index (Phi) is 8.30. The van der Waals surface area contributed by atoms with Gasteiger partial charge in [-0.15, -0.1) is 0 Å². The predicted octanol–water partition coefficient (Wildman–Crippen LogP) is 5.65. The number of allylic oxidation sites excluding steroid dienone is 1. The van der Waals surface area contributed by atoms with Gasteiger partial charge in [-0.1, -0.05) is 31.5 Å². The van der Waals surface area contributed by atoms with Gasteiger partial charge in [-0.2, -0.15) is 0 Å². The number of hydrogen-bond acceptors (Lipinski definition) is 5. The van der Waals surface area contributed by atoms with E-state index >= 15 is 0 Å². The van der Waals surface area contributed by atoms with Gasteiger partial charge >= 0.3 is 6.09 Å². The Hall–Kier alpha value is -1.73. The highest BCUT2D eigenvalue weighted by Gasteiger charge is 2.59. The second-order valence-corrected chi connectivity index (χ2v) is 15.5. The number of oxime groups is 1. The highest BCUT2D eigenvalue weighted by atomic mass is 16.7. The first-order valence-corrected chi connectivity index (χ1v) is 16.1. The number of quaternary nitrogens is 1. The number of nitrogens with zero attached hydrogens (tertiary/aromatic N) is 3. The molecule has 1 amide bonds. The van der Waals surface area contributed by atoms with E-state index in [-0.39, 0.29) is 16.9 Å². The molecule has 4 fully saturated rings. The van der Waals surface area contributed by atoms with Crippen molar-refractivity contribution >= 4 is 17.6 Å². The third kappa shape index (κ3) is 5.66. The van der Waals surface area contributed by atoms with E-state index in [0.29, 0.717) is 55.0 Å². The molecule has 1 aliphatic heterocycles. The minimum absolute atomic E-state index is 0.204. The minimum Gasteiger partial charge on any atom is -0.329 e. The van der Waals surface area contributed by atoms with E-state index in [1.807, 2.05) is 11.0 Å². The summed E-state index contributed by atoms with van der Waals surface area (Å²) in [6.45, 7) is 12.5. The van der Waals surface area contributed by atoms with Crippen molar-refractivity contribution in [3.05, 3.63) is 11.6 Å². The van der Waals surface area contributed by atoms with Crippen LogP contribution in [0.3, 0.4) is 0 Å². The SMILES string of the molecule is C/C(=N\OC(=O)N(CC[N+](C)(C)C)CC1NCCC1C)[C@H]1CC[C@H]2[C@@H]3CCC4=CC(=O)CC[C@]4(C)[C@H]3CC[C@]12C. The predicted molar refractivity (Wildman–Crippen MR) is 160 cm³/mol. The van der Waals surface area contributed by atoms with Gasteiger partial charge in [0.1, 0.15) is 0 Å². The van der Waals surface area contributed by atoms with Gasteiger partial charge in [0.2, 0.25) is 0 Å². The molecule has 0 spiro atoms. The number of rotatable bonds is 7. The Labute approximate surface area is 242 Å². The van der Waals surface area contributed by atoms with E-state index in [4.69, 9.17) is 4.84 Å². The van der Waals surface area contributed by atoms with Gasteiger partial charge in [-0.05, 0) is 105 Å². The van der Waals surface area contributed by atoms with Crippen LogP contribution in [0, 0.1) is 40.4 Å². The lowest BCUT2D eigenvalue weighted by Crippen LogP contribution is -2.51. The molecule has 0 aromatic carbocycles. The highest BCUT2D eigenvalue weighted by molar-refractivity contribution is 5.91. The molecule has 5 aliphatic rings. The van der Waals surface area contributed by atoms with E-state index in [2.05, 4.69) is 59.3 Å². The smallest absolute Gasteiger partial charge is 0.329 e. The first kappa shape index (κ1) is 29.8. The van der Waals surface area contributed by atoms with Crippen molar-refractivity contribution in [1.82, 2.24) is 10.2 Å². The molecule has 0 aromatic rings. The quantitative estimate of drug-likeness (QED) is 0.191. The van der Waals surface area contributed by atoms with Crippen molar-refractivity contribution in [2.75, 3.05) is 47.3 Å². The molecule has 8 atom stereocenters. The number of carbonyl (C=O) groups is 2. The summed E-state index contributed by atoms with van der Waals surface area (Å²) in [7, 11) is 6.48. The zero-order valence-electron chi connectivity index (χ0n) is 26.3. The molecule has 7 nitrogen and oxygen atoms in total. The van der Waals surface area contributed by atoms with Crippen LogP contribution in [0.2, 0.25) is 0 Å². The Balaban J connectivity index is 1.26. The van der Waals surface area contributed by atoms with Gasteiger partial charge in [0.25, 0.3) is 0 Å². The third-order valence-electron chi connectivity index (χ3n) is 12.1. The first-order chi connectivity index (χ1) is 18.8. The first-order valence-electron chi connectivity index (χ1n) is 16.1. The van der Waals surface area contributed by atoms with Crippen LogP contribution < -0.4 is 5.32 Å². The van der Waals surface area contributed by atoms with Crippen LogP contribution in [0.5, 0.6) is 0 Å². The van der Waals surface area contributed by atoms with E-state index < -0.39 is 0 Å². The largest absolute Gasteiger partial charge is 0.436 e. The third-order valence-corrected chi connectivity index (χ3v) is 12.1. The average Bonchev–Trinajstić information content (AvgIpc) is 3.46. The average molecular weight is 556 g/mol. The van der Waals surface area contributed by atoms with E-state index in [1.54, 1.807) is 0 Å². The summed E-state index contributed by atoms with van der Waals surface area (Å²) in [5, 5.41) is 8.12. The normalized spacial score (nSPS) is 39.7. The lowest BCUT2D eigenvalue weighted by molar-refractivity contribution is -0.869. The Morgan fingerprint density at radius 2 is 1.88 bits per heavy atom. The van der Waals surface area contributed by atoms with Crippen molar-refractivity contribution in [1.29, 1.82) is 0 Å². The van der Waals surface area contributed by atoms with E-state index in [1.165, 1.54) is 31.3 Å². The van der Waals surface area contributed by atoms with Gasteiger partial charge < -0.3 is 9.80 Å². The lowest BCUT2D eigenvalue weighted by Gasteiger charge is -2.58. The van der Waals surface area contributed by atoms with Gasteiger partial charge in [0, 0.05) is 24.9 Å². The van der Waals surface area contributed by atoms with Crippen LogP contribution in [0.25, 0.3) is 0 Å². The van der Waals surface area contributed by atoms with E-state index in [9.17, 15) is 9.59 Å². The summed E-state index contributed by atoms with van der Waals surface area (Å²) < 4.78 is 0.802. The molecule has 1 saturated heterocycles. The summed E-state index contributed by atoms with van der Waals surface area (Å²) >= 11 is 0. The fourth-order valence-corrected chi connectivity index (χ4v) is 9.54. The topological polar surface area (TPSA) is 71.0 Å². The monoisotopic (exact) mass is 555 g/mol. The number of amides is 1. The van der Waals surface area contributed by atoms with Gasteiger partial charge in [-0.3, -0.25) is 14.5 Å². The standard InChI is InChI=1S/C33H55N4O3/c1-22-14-17-34-30(22)21-36(18-19-37(5,6)7)31(39)40-35-23(2)27-10-11-28-26-9-8-24-20-25(38)12-15-32(24,3)29(26)13-16-33(27,28)4/h20,22,26-30,34H,8-19,21H2,1-7H3/q+1/b35-23+/t22?,26-,27+,28-,29-,30?,32-,33+/m0/s1. The number of nitrogens with one attached hydrogen (secondary N) is 1. The van der Waals surface area contributed by atoms with E-state index in [0.717, 1.165) is 54.9 Å². The maximum absolute atomic E-state index is 13.3. The lowest BCUT2D eigenvalue weighted by atomic mass is 9.46. The fraction of sp³-hybridized carbons (Fsp3) is 0.848. The second kappa shape index (κ2) is 11.2. The molecule has 40 heavy (non-hydrogen) atoms. The highest BCUT2D eigenvalue weighted by Crippen LogP contribution is 2.66. The molecule has 1 heterocycles. The summed E-state index contributed by atoms with van der Waals surface area (Å²) in [5.41, 5.74) is 2.83. The van der Waals surface area contributed by atoms with Crippen LogP contribution in [0.1, 0.15) is 85.5 Å². The summed E-state index contributed by atoms with van der Waals surface area (Å²) in [5.74, 6) is 3.34. The zero-order chi connectivity index (χ0) is 28.9. The maximum atomic E-state index is 13.3. The molecule has 4 aliphatic carbocycles. The van der Waals surface area contributed by atoms with Crippen LogP contribution in [0.15, 0.2) is 16.8 Å². The Morgan fingerprint density at radius 3 is 2.58 bits per heavy atom. The molecule has 0 radical (unpaired) electrons. The molecule has 5 rings (SSSR count). The van der Waals surface area contributed by atoms with Gasteiger partial charge in [-0.25, -0.2) is 4.79 Å². The molecule has 1 N–H and O–H groups in total. The minimum atomic E-state index is -0.316. The molecule has 224 valence electrons. The van der Waals surface area contributed by atoms with Crippen molar-refractivity contribution < 1.29 is 18.9 Å². The maximum Gasteiger partial charge on any atom is 0.436 e. The van der Waals surface area contributed by atoms with Crippen molar-refractivity contribution in [3.8, 4) is 0 Å². The molecular weight excluding hydrogens is 500 g/mol. The summed E-state index contributed by atoms with van der Waals surface area (Å²) in [6, 6.07) is 0.310. The van der Waals surface area contributed by atoms with Crippen molar-refractivity contribution in [3.63, 3.8) is 0 Å². The van der Waals surface area contributed by atoms with Crippen LogP contribution in [-0.4, -0.2) is 80.3 Å². The molecule has 3 saturated carbocycles. The van der Waals surface area contributed by atoms with Gasteiger partial charge in [0.05, 0.1) is 39.9 Å². The fourth-order valence-electron chi connectivity index (χ4n) is 9.54. The number of likely N-dealkylation sites (N-methyl/N-ethyl adjacent to an activating group) is 1. The molecule has 7 heteroatoms. The zero-order valence-corrected chi connectivity index (χ0v) is 26.3. The number of fused-ring (bicyclic) bond motifs is 5. The number of carbonyl (C=O) groups excluding carboxylic acids is 2. The second-order valence-electron chi connectivity index (χ2n) is 15.5. The van der Waals surface area contributed by atoms with Crippen molar-refractivity contribution in [2.45, 2.75) is 91.5 Å².